The first kappa shape index (κ1) is 15.0. The lowest BCUT2D eigenvalue weighted by molar-refractivity contribution is -0.132. The molecule has 2 nitrogen and oxygen atoms in total. The van der Waals surface area contributed by atoms with E-state index in [-0.39, 0.29) is 0 Å². The van der Waals surface area contributed by atoms with Crippen molar-refractivity contribution in [1.82, 2.24) is 5.32 Å². The van der Waals surface area contributed by atoms with Gasteiger partial charge in [-0.1, -0.05) is 41.5 Å². The average Bonchev–Trinajstić information content (AvgIpc) is 2.24. The van der Waals surface area contributed by atoms with Crippen molar-refractivity contribution in [2.24, 2.45) is 10.8 Å². The number of nitrogens with one attached hydrogen (secondary N) is 1. The Morgan fingerprint density at radius 2 is 1.94 bits per heavy atom. The summed E-state index contributed by atoms with van der Waals surface area (Å²) in [6, 6.07) is 0.650. The summed E-state index contributed by atoms with van der Waals surface area (Å²) >= 11 is 0. The molecule has 0 amide bonds. The summed E-state index contributed by atoms with van der Waals surface area (Å²) in [6.07, 6.45) is 3.99. The molecule has 0 aromatic heterocycles. The van der Waals surface area contributed by atoms with Crippen LogP contribution in [-0.2, 0) is 4.74 Å². The molecule has 1 N–H and O–H groups in total. The molecule has 0 bridgehead atoms. The minimum Gasteiger partial charge on any atom is -0.378 e. The van der Waals surface area contributed by atoms with Gasteiger partial charge in [0.15, 0.2) is 0 Å². The largest absolute Gasteiger partial charge is 0.378 e. The molecule has 3 atom stereocenters. The highest BCUT2D eigenvalue weighted by molar-refractivity contribution is 5.04. The van der Waals surface area contributed by atoms with E-state index in [2.05, 4.69) is 46.9 Å². The van der Waals surface area contributed by atoms with Gasteiger partial charge in [-0.15, -0.1) is 0 Å². The molecule has 1 aliphatic rings. The first-order chi connectivity index (χ1) is 7.83. The van der Waals surface area contributed by atoms with Gasteiger partial charge in [0.1, 0.15) is 0 Å². The molecule has 2 heteroatoms. The maximum absolute atomic E-state index is 6.10. The van der Waals surface area contributed by atoms with Gasteiger partial charge in [-0.05, 0) is 31.2 Å². The summed E-state index contributed by atoms with van der Waals surface area (Å²) in [5.74, 6) is 0. The lowest BCUT2D eigenvalue weighted by atomic mass is 9.61. The summed E-state index contributed by atoms with van der Waals surface area (Å²) in [7, 11) is 0. The molecule has 17 heavy (non-hydrogen) atoms. The molecular weight excluding hydrogens is 210 g/mol. The molecule has 102 valence electrons. The number of ether oxygens (including phenoxy) is 1. The lowest BCUT2D eigenvalue weighted by Crippen LogP contribution is -2.62. The van der Waals surface area contributed by atoms with Gasteiger partial charge in [0.25, 0.3) is 0 Å². The molecule has 0 saturated heterocycles. The Morgan fingerprint density at radius 1 is 1.29 bits per heavy atom. The predicted molar refractivity (Wildman–Crippen MR) is 74.3 cm³/mol. The van der Waals surface area contributed by atoms with Crippen molar-refractivity contribution < 1.29 is 4.74 Å². The van der Waals surface area contributed by atoms with Gasteiger partial charge in [0.05, 0.1) is 6.10 Å². The monoisotopic (exact) mass is 241 g/mol. The van der Waals surface area contributed by atoms with Crippen LogP contribution in [0.3, 0.4) is 0 Å². The first-order valence-corrected chi connectivity index (χ1v) is 7.18. The van der Waals surface area contributed by atoms with Crippen molar-refractivity contribution in [2.45, 2.75) is 73.0 Å². The van der Waals surface area contributed by atoms with Crippen LogP contribution in [0.25, 0.3) is 0 Å². The molecule has 1 fully saturated rings. The zero-order valence-corrected chi connectivity index (χ0v) is 12.6. The Kier molecular flexibility index (Phi) is 5.03. The van der Waals surface area contributed by atoms with Crippen LogP contribution in [0.15, 0.2) is 0 Å². The summed E-state index contributed by atoms with van der Waals surface area (Å²) in [4.78, 5) is 0. The summed E-state index contributed by atoms with van der Waals surface area (Å²) in [6.45, 7) is 15.6. The molecule has 1 aliphatic carbocycles. The van der Waals surface area contributed by atoms with Crippen LogP contribution in [-0.4, -0.2) is 25.3 Å². The molecule has 1 rings (SSSR count). The Bertz CT molecular complexity index is 234. The molecule has 0 aliphatic heterocycles. The van der Waals surface area contributed by atoms with Crippen LogP contribution in [0.4, 0.5) is 0 Å². The third kappa shape index (κ3) is 3.69. The van der Waals surface area contributed by atoms with Gasteiger partial charge in [0, 0.05) is 18.1 Å². The van der Waals surface area contributed by atoms with E-state index in [1.54, 1.807) is 0 Å². The number of hydrogen-bond acceptors (Lipinski definition) is 2. The van der Waals surface area contributed by atoms with Crippen molar-refractivity contribution in [3.63, 3.8) is 0 Å². The van der Waals surface area contributed by atoms with E-state index in [9.17, 15) is 0 Å². The second kappa shape index (κ2) is 5.71. The minimum absolute atomic E-state index is 0.341. The maximum Gasteiger partial charge on any atom is 0.0658 e. The average molecular weight is 241 g/mol. The van der Waals surface area contributed by atoms with Crippen molar-refractivity contribution in [1.29, 1.82) is 0 Å². The zero-order chi connectivity index (χ0) is 13.1. The molecule has 0 radical (unpaired) electrons. The van der Waals surface area contributed by atoms with Crippen molar-refractivity contribution >= 4 is 0 Å². The van der Waals surface area contributed by atoms with Crippen LogP contribution >= 0.6 is 0 Å². The third-order valence-corrected chi connectivity index (χ3v) is 4.36. The van der Waals surface area contributed by atoms with Crippen molar-refractivity contribution in [3.8, 4) is 0 Å². The van der Waals surface area contributed by atoms with E-state index >= 15 is 0 Å². The van der Waals surface area contributed by atoms with Gasteiger partial charge >= 0.3 is 0 Å². The van der Waals surface area contributed by atoms with E-state index in [1.165, 1.54) is 12.8 Å². The van der Waals surface area contributed by atoms with Crippen LogP contribution < -0.4 is 5.32 Å². The highest BCUT2D eigenvalue weighted by Gasteiger charge is 2.50. The zero-order valence-electron chi connectivity index (χ0n) is 12.6. The fourth-order valence-electron chi connectivity index (χ4n) is 2.62. The van der Waals surface area contributed by atoms with Gasteiger partial charge in [0.2, 0.25) is 0 Å². The molecule has 0 heterocycles. The van der Waals surface area contributed by atoms with Gasteiger partial charge in [-0.25, -0.2) is 0 Å². The Balaban J connectivity index is 2.36. The smallest absolute Gasteiger partial charge is 0.0658 e. The third-order valence-electron chi connectivity index (χ3n) is 4.36. The lowest BCUT2D eigenvalue weighted by Gasteiger charge is -2.54. The molecule has 3 unspecified atom stereocenters. The molecule has 0 aromatic carbocycles. The van der Waals surface area contributed by atoms with Crippen molar-refractivity contribution in [2.75, 3.05) is 13.2 Å². The SMILES string of the molecule is CCNC1CC(OCCC(C)(C)C)C1(C)CC. The number of hydrogen-bond donors (Lipinski definition) is 1. The summed E-state index contributed by atoms with van der Waals surface area (Å²) < 4.78 is 6.10. The summed E-state index contributed by atoms with van der Waals surface area (Å²) in [5.41, 5.74) is 0.724. The van der Waals surface area contributed by atoms with Gasteiger partial charge < -0.3 is 10.1 Å². The van der Waals surface area contributed by atoms with E-state index in [0.717, 1.165) is 19.6 Å². The topological polar surface area (TPSA) is 21.3 Å². The van der Waals surface area contributed by atoms with E-state index < -0.39 is 0 Å². The summed E-state index contributed by atoms with van der Waals surface area (Å²) in [5, 5.41) is 3.58. The van der Waals surface area contributed by atoms with Crippen LogP contribution in [0, 0.1) is 10.8 Å². The second-order valence-electron chi connectivity index (χ2n) is 6.88. The normalized spacial score (nSPS) is 33.5. The quantitative estimate of drug-likeness (QED) is 0.767. The highest BCUT2D eigenvalue weighted by atomic mass is 16.5. The Labute approximate surface area is 108 Å². The van der Waals surface area contributed by atoms with Crippen LogP contribution in [0.1, 0.15) is 60.8 Å². The maximum atomic E-state index is 6.10. The Hall–Kier alpha value is -0.0800. The van der Waals surface area contributed by atoms with E-state index in [1.807, 2.05) is 0 Å². The van der Waals surface area contributed by atoms with E-state index in [4.69, 9.17) is 4.74 Å². The number of rotatable bonds is 6. The molecular formula is C15H31NO. The fraction of sp³-hybridized carbons (Fsp3) is 1.00. The minimum atomic E-state index is 0.341. The van der Waals surface area contributed by atoms with Crippen LogP contribution in [0.5, 0.6) is 0 Å². The Morgan fingerprint density at radius 3 is 2.41 bits per heavy atom. The van der Waals surface area contributed by atoms with E-state index in [0.29, 0.717) is 23.0 Å². The van der Waals surface area contributed by atoms with Crippen molar-refractivity contribution in [3.05, 3.63) is 0 Å². The molecule has 1 saturated carbocycles. The van der Waals surface area contributed by atoms with Gasteiger partial charge in [-0.3, -0.25) is 0 Å². The fourth-order valence-corrected chi connectivity index (χ4v) is 2.62. The van der Waals surface area contributed by atoms with Crippen LogP contribution in [0.2, 0.25) is 0 Å². The highest BCUT2D eigenvalue weighted by Crippen LogP contribution is 2.46. The molecule has 0 aromatic rings. The second-order valence-corrected chi connectivity index (χ2v) is 6.88. The standard InChI is InChI=1S/C15H31NO/c1-7-15(6)12(16-8-2)11-13(15)17-10-9-14(3,4)5/h12-13,16H,7-11H2,1-6H3. The first-order valence-electron chi connectivity index (χ1n) is 7.18. The van der Waals surface area contributed by atoms with Gasteiger partial charge in [-0.2, -0.15) is 0 Å². The molecule has 0 spiro atoms. The predicted octanol–water partition coefficient (Wildman–Crippen LogP) is 3.61.